The molecule has 0 aromatic rings. The van der Waals surface area contributed by atoms with E-state index >= 15 is 0 Å². The number of unbranched alkanes of at least 4 members (excludes halogenated alkanes) is 39. The van der Waals surface area contributed by atoms with Crippen LogP contribution < -0.4 is 0 Å². The first-order valence-electron chi connectivity index (χ1n) is 36.8. The zero-order chi connectivity index (χ0) is 63.3. The maximum absolute atomic E-state index is 13.0. The van der Waals surface area contributed by atoms with Crippen LogP contribution in [0, 0.1) is 0 Å². The van der Waals surface area contributed by atoms with Crippen molar-refractivity contribution in [3.63, 3.8) is 0 Å². The summed E-state index contributed by atoms with van der Waals surface area (Å²) in [5.41, 5.74) is 0. The number of likely N-dealkylation sites (N-methyl/N-ethyl adjacent to an activating group) is 1. The summed E-state index contributed by atoms with van der Waals surface area (Å²) in [4.78, 5) is 37.6. The number of allylic oxidation sites excluding steroid dienone is 14. The Morgan fingerprint density at radius 2 is 0.655 bits per heavy atom. The Balaban J connectivity index is 4.02. The summed E-state index contributed by atoms with van der Waals surface area (Å²) in [6, 6.07) is 0. The number of carboxylic acid groups (broad SMARTS) is 1. The third-order valence-corrected chi connectivity index (χ3v) is 16.1. The standard InChI is InChI=1S/C78H139NO8/c1-6-8-10-12-14-16-18-20-22-24-26-28-30-31-32-33-34-35-36-37-38-39-40-41-42-43-44-45-47-49-51-53-55-57-59-61-63-65-67-69-76(81)87-74(73-86-78(77(82)83)84-71-70-79(3,4)5)72-85-75(80)68-66-64-62-60-58-56-54-52-50-48-46-29-27-25-23-21-19-17-15-13-11-9-7-2/h8,10,14,16,20,22,25-28,31-32,34-35,74,78H,6-7,9,11-13,15,17-19,21,23-24,29-30,33,36-73H2,1-5H3/p+1/b10-8-,16-14-,22-20-,27-25-,28-26-,32-31-,35-34-. The highest BCUT2D eigenvalue weighted by molar-refractivity contribution is 5.71. The lowest BCUT2D eigenvalue weighted by molar-refractivity contribution is -0.870. The fourth-order valence-electron chi connectivity index (χ4n) is 10.5. The topological polar surface area (TPSA) is 108 Å². The number of carbonyl (C=O) groups is 3. The van der Waals surface area contributed by atoms with E-state index in [0.29, 0.717) is 17.4 Å². The van der Waals surface area contributed by atoms with Crippen LogP contribution in [0.5, 0.6) is 0 Å². The van der Waals surface area contributed by atoms with Crippen LogP contribution in [-0.2, 0) is 33.3 Å². The van der Waals surface area contributed by atoms with Gasteiger partial charge in [-0.1, -0.05) is 317 Å². The quantitative estimate of drug-likeness (QED) is 0.0211. The zero-order valence-corrected chi connectivity index (χ0v) is 57.7. The molecule has 2 atom stereocenters. The zero-order valence-electron chi connectivity index (χ0n) is 57.7. The Morgan fingerprint density at radius 1 is 0.356 bits per heavy atom. The van der Waals surface area contributed by atoms with Gasteiger partial charge in [-0.25, -0.2) is 4.79 Å². The van der Waals surface area contributed by atoms with E-state index in [2.05, 4.69) is 98.9 Å². The molecule has 0 radical (unpaired) electrons. The number of ether oxygens (including phenoxy) is 4. The second-order valence-corrected chi connectivity index (χ2v) is 25.9. The number of carbonyl (C=O) groups excluding carboxylic acids is 2. The number of carboxylic acids is 1. The minimum Gasteiger partial charge on any atom is -0.477 e. The van der Waals surface area contributed by atoms with Gasteiger partial charge in [-0.3, -0.25) is 9.59 Å². The van der Waals surface area contributed by atoms with Crippen LogP contribution in [0.3, 0.4) is 0 Å². The van der Waals surface area contributed by atoms with Crippen LogP contribution >= 0.6 is 0 Å². The van der Waals surface area contributed by atoms with Crippen LogP contribution in [0.25, 0.3) is 0 Å². The van der Waals surface area contributed by atoms with Gasteiger partial charge in [-0.15, -0.1) is 0 Å². The number of esters is 2. The number of nitrogens with zero attached hydrogens (tertiary/aromatic N) is 1. The molecule has 9 nitrogen and oxygen atoms in total. The lowest BCUT2D eigenvalue weighted by Crippen LogP contribution is -2.40. The molecule has 0 aromatic heterocycles. The smallest absolute Gasteiger partial charge is 0.361 e. The summed E-state index contributed by atoms with van der Waals surface area (Å²) in [7, 11) is 5.99. The Hall–Kier alpha value is -3.53. The second-order valence-electron chi connectivity index (χ2n) is 25.9. The second kappa shape index (κ2) is 68.4. The minimum atomic E-state index is -1.51. The molecule has 0 saturated heterocycles. The molecule has 0 heterocycles. The molecule has 1 N–H and O–H groups in total. The molecule has 0 aliphatic rings. The van der Waals surface area contributed by atoms with E-state index in [1.165, 1.54) is 231 Å². The summed E-state index contributed by atoms with van der Waals surface area (Å²) in [6.45, 7) is 4.81. The van der Waals surface area contributed by atoms with Gasteiger partial charge in [0.15, 0.2) is 6.10 Å². The predicted molar refractivity (Wildman–Crippen MR) is 373 cm³/mol. The van der Waals surface area contributed by atoms with Crippen molar-refractivity contribution < 1.29 is 42.9 Å². The van der Waals surface area contributed by atoms with Gasteiger partial charge in [0, 0.05) is 12.8 Å². The largest absolute Gasteiger partial charge is 0.477 e. The Labute approximate surface area is 538 Å². The summed E-state index contributed by atoms with van der Waals surface area (Å²) in [6.07, 6.45) is 90.0. The first-order valence-corrected chi connectivity index (χ1v) is 36.8. The fourth-order valence-corrected chi connectivity index (χ4v) is 10.5. The highest BCUT2D eigenvalue weighted by atomic mass is 16.7. The first kappa shape index (κ1) is 83.5. The van der Waals surface area contributed by atoms with Crippen molar-refractivity contribution in [3.05, 3.63) is 85.1 Å². The predicted octanol–water partition coefficient (Wildman–Crippen LogP) is 23.0. The van der Waals surface area contributed by atoms with Crippen molar-refractivity contribution in [1.82, 2.24) is 0 Å². The van der Waals surface area contributed by atoms with Gasteiger partial charge >= 0.3 is 17.9 Å². The molecule has 0 aliphatic heterocycles. The van der Waals surface area contributed by atoms with E-state index < -0.39 is 18.4 Å². The van der Waals surface area contributed by atoms with E-state index in [-0.39, 0.29) is 38.2 Å². The molecular formula is C78H140NO8+. The van der Waals surface area contributed by atoms with Gasteiger partial charge in [0.1, 0.15) is 13.2 Å². The number of aliphatic carboxylic acids is 1. The maximum atomic E-state index is 13.0. The molecule has 2 unspecified atom stereocenters. The van der Waals surface area contributed by atoms with E-state index in [1.54, 1.807) is 0 Å². The number of quaternary nitrogens is 1. The third-order valence-electron chi connectivity index (χ3n) is 16.1. The minimum absolute atomic E-state index is 0.180. The van der Waals surface area contributed by atoms with E-state index in [0.717, 1.165) is 77.0 Å². The molecule has 504 valence electrons. The highest BCUT2D eigenvalue weighted by Crippen LogP contribution is 2.18. The molecule has 87 heavy (non-hydrogen) atoms. The number of hydrogen-bond acceptors (Lipinski definition) is 7. The van der Waals surface area contributed by atoms with Crippen LogP contribution in [0.1, 0.15) is 335 Å². The lowest BCUT2D eigenvalue weighted by Gasteiger charge is -2.25. The van der Waals surface area contributed by atoms with Crippen LogP contribution in [0.2, 0.25) is 0 Å². The number of hydrogen-bond donors (Lipinski definition) is 1. The Morgan fingerprint density at radius 3 is 0.989 bits per heavy atom. The molecule has 0 rings (SSSR count). The summed E-state index contributed by atoms with van der Waals surface area (Å²) < 4.78 is 23.0. The summed E-state index contributed by atoms with van der Waals surface area (Å²) in [5.74, 6) is -1.99. The van der Waals surface area contributed by atoms with E-state index in [4.69, 9.17) is 18.9 Å². The van der Waals surface area contributed by atoms with Gasteiger partial charge in [0.05, 0.1) is 34.4 Å². The number of rotatable bonds is 68. The molecular weight excluding hydrogens is 1080 g/mol. The lowest BCUT2D eigenvalue weighted by atomic mass is 10.0. The molecule has 0 aliphatic carbocycles. The van der Waals surface area contributed by atoms with Crippen molar-refractivity contribution in [2.24, 2.45) is 0 Å². The van der Waals surface area contributed by atoms with Crippen molar-refractivity contribution in [3.8, 4) is 0 Å². The van der Waals surface area contributed by atoms with Crippen molar-refractivity contribution in [2.45, 2.75) is 347 Å². The van der Waals surface area contributed by atoms with E-state index in [9.17, 15) is 19.5 Å². The molecule has 0 fully saturated rings. The molecule has 9 heteroatoms. The molecule has 0 saturated carbocycles. The van der Waals surface area contributed by atoms with Gasteiger partial charge in [0.25, 0.3) is 6.29 Å². The van der Waals surface area contributed by atoms with Crippen molar-refractivity contribution >= 4 is 17.9 Å². The highest BCUT2D eigenvalue weighted by Gasteiger charge is 2.25. The van der Waals surface area contributed by atoms with E-state index in [1.807, 2.05) is 21.1 Å². The van der Waals surface area contributed by atoms with Crippen LogP contribution in [-0.4, -0.2) is 87.4 Å². The van der Waals surface area contributed by atoms with Crippen molar-refractivity contribution in [2.75, 3.05) is 47.5 Å². The van der Waals surface area contributed by atoms with Gasteiger partial charge in [-0.2, -0.15) is 0 Å². The average molecular weight is 1220 g/mol. The average Bonchev–Trinajstić information content (AvgIpc) is 3.55. The molecule has 0 amide bonds. The third kappa shape index (κ3) is 69.8. The fraction of sp³-hybridized carbons (Fsp3) is 0.782. The van der Waals surface area contributed by atoms with Gasteiger partial charge in [0.2, 0.25) is 0 Å². The van der Waals surface area contributed by atoms with Gasteiger partial charge < -0.3 is 28.5 Å². The van der Waals surface area contributed by atoms with Crippen LogP contribution in [0.15, 0.2) is 85.1 Å². The normalized spacial score (nSPS) is 13.2. The first-order chi connectivity index (χ1) is 42.6. The van der Waals surface area contributed by atoms with Crippen molar-refractivity contribution in [1.29, 1.82) is 0 Å². The molecule has 0 aromatic carbocycles. The van der Waals surface area contributed by atoms with Crippen LogP contribution in [0.4, 0.5) is 0 Å². The Bertz CT molecular complexity index is 1700. The summed E-state index contributed by atoms with van der Waals surface area (Å²) >= 11 is 0. The maximum Gasteiger partial charge on any atom is 0.361 e. The monoisotopic (exact) mass is 1220 g/mol. The molecule has 0 spiro atoms. The molecule has 0 bridgehead atoms. The summed E-state index contributed by atoms with van der Waals surface area (Å²) in [5, 5.41) is 9.75. The SMILES string of the molecule is CC/C=C\C/C=C\C/C=C\C/C=C\C/C=C\C/C=C\CCCCCCCCCCCCCCCCCCCCCCC(=O)OC(COC(=O)CCCCCCCCCCCCC/C=C\CCCCCCCCCC)COC(OCC[N+](C)(C)C)C(=O)O. The van der Waals surface area contributed by atoms with Gasteiger partial charge in [-0.05, 0) is 89.9 Å². The Kier molecular flexibility index (Phi) is 65.6.